The summed E-state index contributed by atoms with van der Waals surface area (Å²) in [6.45, 7) is 0. The van der Waals surface area contributed by atoms with E-state index in [0.29, 0.717) is 11.7 Å². The second-order valence-electron chi connectivity index (χ2n) is 8.89. The lowest BCUT2D eigenvalue weighted by Gasteiger charge is -2.28. The number of amides is 1. The van der Waals surface area contributed by atoms with Crippen molar-refractivity contribution in [1.29, 1.82) is 0 Å². The molecular formula is C32H26ClN2O3P. The van der Waals surface area contributed by atoms with Crippen LogP contribution in [-0.4, -0.2) is 10.8 Å². The molecule has 0 fully saturated rings. The summed E-state index contributed by atoms with van der Waals surface area (Å²) in [6.07, 6.45) is 0.710. The predicted octanol–water partition coefficient (Wildman–Crippen LogP) is 3.35. The predicted molar refractivity (Wildman–Crippen MR) is 156 cm³/mol. The molecule has 0 aliphatic heterocycles. The molecule has 0 aromatic heterocycles. The molecule has 0 saturated carbocycles. The van der Waals surface area contributed by atoms with Crippen molar-refractivity contribution in [3.8, 4) is 0 Å². The van der Waals surface area contributed by atoms with Crippen molar-refractivity contribution in [1.82, 2.24) is 0 Å². The molecule has 39 heavy (non-hydrogen) atoms. The first-order valence-electron chi connectivity index (χ1n) is 12.3. The lowest BCUT2D eigenvalue weighted by atomic mass is 10.1. The fourth-order valence-electron chi connectivity index (χ4n) is 4.73. The molecule has 0 spiro atoms. The molecule has 5 nitrogen and oxygen atoms in total. The van der Waals surface area contributed by atoms with Gasteiger partial charge in [-0.05, 0) is 54.6 Å². The maximum absolute atomic E-state index is 13.2. The highest BCUT2D eigenvalue weighted by Crippen LogP contribution is 2.58. The summed E-state index contributed by atoms with van der Waals surface area (Å²) in [5.41, 5.74) is 2.06. The van der Waals surface area contributed by atoms with E-state index in [-0.39, 0.29) is 24.0 Å². The zero-order chi connectivity index (χ0) is 26.4. The van der Waals surface area contributed by atoms with Crippen molar-refractivity contribution in [3.63, 3.8) is 0 Å². The van der Waals surface area contributed by atoms with E-state index in [0.717, 1.165) is 11.3 Å². The van der Waals surface area contributed by atoms with Crippen LogP contribution in [0.15, 0.2) is 140 Å². The van der Waals surface area contributed by atoms with E-state index in [1.807, 2.05) is 36.4 Å². The van der Waals surface area contributed by atoms with Crippen molar-refractivity contribution < 1.29 is 22.1 Å². The Hall–Kier alpha value is -4.31. The largest absolute Gasteiger partial charge is 1.00 e. The molecule has 0 aliphatic carbocycles. The van der Waals surface area contributed by atoms with E-state index in [2.05, 4.69) is 84.2 Å². The first-order valence-corrected chi connectivity index (χ1v) is 14.2. The number of non-ortho nitro benzene ring substituents is 1. The Bertz CT molecular complexity index is 1450. The Morgan fingerprint density at radius 2 is 1.08 bits per heavy atom. The van der Waals surface area contributed by atoms with Crippen LogP contribution in [0, 0.1) is 10.1 Å². The minimum absolute atomic E-state index is 0. The SMILES string of the molecule is O=C(Nc1ccccc1C[P+](c1ccccc1)(c1ccccc1)c1ccccc1)c1ccc([N+](=O)[O-])cc1.[Cl-]. The average molecular weight is 553 g/mol. The molecule has 0 aliphatic rings. The van der Waals surface area contributed by atoms with Crippen LogP contribution in [0.1, 0.15) is 15.9 Å². The van der Waals surface area contributed by atoms with Crippen LogP contribution in [0.4, 0.5) is 11.4 Å². The summed E-state index contributed by atoms with van der Waals surface area (Å²) in [4.78, 5) is 23.7. The van der Waals surface area contributed by atoms with E-state index >= 15 is 0 Å². The van der Waals surface area contributed by atoms with Crippen molar-refractivity contribution in [3.05, 3.63) is 161 Å². The van der Waals surface area contributed by atoms with Crippen LogP contribution in [0.3, 0.4) is 0 Å². The molecule has 5 rings (SSSR count). The molecule has 0 saturated heterocycles. The third kappa shape index (κ3) is 5.91. The van der Waals surface area contributed by atoms with Gasteiger partial charge in [-0.25, -0.2) is 0 Å². The number of carbonyl (C=O) groups excluding carboxylic acids is 1. The molecule has 7 heteroatoms. The average Bonchev–Trinajstić information content (AvgIpc) is 2.98. The Labute approximate surface area is 234 Å². The molecule has 1 N–H and O–H groups in total. The highest BCUT2D eigenvalue weighted by atomic mass is 35.5. The summed E-state index contributed by atoms with van der Waals surface area (Å²) in [5, 5.41) is 17.8. The van der Waals surface area contributed by atoms with Gasteiger partial charge in [-0.3, -0.25) is 14.9 Å². The molecular weight excluding hydrogens is 527 g/mol. The van der Waals surface area contributed by atoms with Gasteiger partial charge < -0.3 is 17.7 Å². The first kappa shape index (κ1) is 27.7. The van der Waals surface area contributed by atoms with E-state index in [1.54, 1.807) is 0 Å². The number of anilines is 1. The molecule has 1 amide bonds. The third-order valence-corrected chi connectivity index (χ3v) is 11.0. The fraction of sp³-hybridized carbons (Fsp3) is 0.0312. The highest BCUT2D eigenvalue weighted by molar-refractivity contribution is 7.95. The maximum Gasteiger partial charge on any atom is 0.269 e. The molecule has 0 atom stereocenters. The zero-order valence-electron chi connectivity index (χ0n) is 21.0. The van der Waals surface area contributed by atoms with E-state index in [9.17, 15) is 14.9 Å². The Morgan fingerprint density at radius 3 is 1.54 bits per heavy atom. The highest BCUT2D eigenvalue weighted by Gasteiger charge is 2.45. The van der Waals surface area contributed by atoms with Crippen LogP contribution in [0.25, 0.3) is 0 Å². The van der Waals surface area contributed by atoms with Crippen LogP contribution in [0.5, 0.6) is 0 Å². The first-order chi connectivity index (χ1) is 18.6. The number of nitro groups is 1. The minimum Gasteiger partial charge on any atom is -1.00 e. The third-order valence-electron chi connectivity index (χ3n) is 6.60. The molecule has 0 unspecified atom stereocenters. The van der Waals surface area contributed by atoms with Gasteiger partial charge in [0, 0.05) is 28.9 Å². The van der Waals surface area contributed by atoms with Gasteiger partial charge in [0.2, 0.25) is 0 Å². The van der Waals surface area contributed by atoms with Crippen LogP contribution in [-0.2, 0) is 6.16 Å². The zero-order valence-corrected chi connectivity index (χ0v) is 22.6. The summed E-state index contributed by atoms with van der Waals surface area (Å²) in [7, 11) is -2.16. The second-order valence-corrected chi connectivity index (χ2v) is 12.4. The monoisotopic (exact) mass is 552 g/mol. The van der Waals surface area contributed by atoms with Crippen molar-refractivity contribution in [2.75, 3.05) is 5.32 Å². The molecule has 0 radical (unpaired) electrons. The Kier molecular flexibility index (Phi) is 8.88. The number of rotatable bonds is 8. The fourth-order valence-corrected chi connectivity index (χ4v) is 9.01. The second kappa shape index (κ2) is 12.5. The molecule has 0 heterocycles. The van der Waals surface area contributed by atoms with E-state index < -0.39 is 12.2 Å². The number of para-hydroxylation sites is 1. The van der Waals surface area contributed by atoms with Gasteiger partial charge in [-0.2, -0.15) is 0 Å². The van der Waals surface area contributed by atoms with Crippen LogP contribution in [0.2, 0.25) is 0 Å². The lowest BCUT2D eigenvalue weighted by Crippen LogP contribution is -3.00. The minimum atomic E-state index is -2.16. The standard InChI is InChI=1S/C32H25N2O3P.ClH/c35-32(25-20-22-27(23-21-25)34(36)37)33-31-19-11-10-12-26(31)24-38(28-13-4-1-5-14-28,29-15-6-2-7-16-29)30-17-8-3-9-18-30;/h1-23H,24H2;1H. The summed E-state index contributed by atoms with van der Waals surface area (Å²) >= 11 is 0. The summed E-state index contributed by atoms with van der Waals surface area (Å²) in [6, 6.07) is 45.3. The van der Waals surface area contributed by atoms with Gasteiger partial charge in [0.15, 0.2) is 0 Å². The topological polar surface area (TPSA) is 72.2 Å². The molecule has 194 valence electrons. The van der Waals surface area contributed by atoms with Gasteiger partial charge in [0.05, 0.1) is 4.92 Å². The smallest absolute Gasteiger partial charge is 0.269 e. The van der Waals surface area contributed by atoms with Gasteiger partial charge in [0.25, 0.3) is 11.6 Å². The van der Waals surface area contributed by atoms with Gasteiger partial charge >= 0.3 is 0 Å². The van der Waals surface area contributed by atoms with Crippen molar-refractivity contribution in [2.45, 2.75) is 6.16 Å². The number of nitrogens with one attached hydrogen (secondary N) is 1. The van der Waals surface area contributed by atoms with Crippen LogP contribution >= 0.6 is 7.26 Å². The number of nitro benzene ring substituents is 1. The number of benzene rings is 5. The number of hydrogen-bond donors (Lipinski definition) is 1. The maximum atomic E-state index is 13.2. The number of halogens is 1. The number of hydrogen-bond acceptors (Lipinski definition) is 3. The van der Waals surface area contributed by atoms with Crippen molar-refractivity contribution >= 4 is 40.5 Å². The van der Waals surface area contributed by atoms with Crippen LogP contribution < -0.4 is 33.6 Å². The van der Waals surface area contributed by atoms with Gasteiger partial charge in [0.1, 0.15) is 29.3 Å². The number of nitrogens with zero attached hydrogens (tertiary/aromatic N) is 1. The molecule has 0 bridgehead atoms. The van der Waals surface area contributed by atoms with E-state index in [4.69, 9.17) is 0 Å². The summed E-state index contributed by atoms with van der Waals surface area (Å²) in [5.74, 6) is -0.310. The van der Waals surface area contributed by atoms with Gasteiger partial charge in [-0.1, -0.05) is 72.8 Å². The van der Waals surface area contributed by atoms with E-state index in [1.165, 1.54) is 40.2 Å². The molecule has 5 aromatic rings. The molecule has 5 aromatic carbocycles. The normalized spacial score (nSPS) is 10.8. The lowest BCUT2D eigenvalue weighted by molar-refractivity contribution is -0.384. The number of carbonyl (C=O) groups is 1. The quantitative estimate of drug-likeness (QED) is 0.182. The summed E-state index contributed by atoms with van der Waals surface area (Å²) < 4.78 is 0. The Morgan fingerprint density at radius 1 is 0.641 bits per heavy atom. The Balaban J connectivity index is 0.00000353. The van der Waals surface area contributed by atoms with Gasteiger partial charge in [-0.15, -0.1) is 0 Å². The van der Waals surface area contributed by atoms with Crippen molar-refractivity contribution in [2.24, 2.45) is 0 Å².